The molecule has 2 aromatic rings. The summed E-state index contributed by atoms with van der Waals surface area (Å²) >= 11 is 1.41. The van der Waals surface area contributed by atoms with E-state index in [-0.39, 0.29) is 24.1 Å². The van der Waals surface area contributed by atoms with E-state index < -0.39 is 17.1 Å². The number of carbonyl (C=O) groups is 1. The van der Waals surface area contributed by atoms with Crippen molar-refractivity contribution in [3.63, 3.8) is 0 Å². The van der Waals surface area contributed by atoms with E-state index in [1.165, 1.54) is 24.4 Å². The third-order valence-corrected chi connectivity index (χ3v) is 10.1. The molecule has 1 saturated carbocycles. The van der Waals surface area contributed by atoms with Crippen LogP contribution in [0, 0.1) is 26.7 Å². The Balaban J connectivity index is 1.41. The second kappa shape index (κ2) is 8.43. The molecular formula is C28H37N3O4S. The summed E-state index contributed by atoms with van der Waals surface area (Å²) in [6.45, 7) is 10.9. The van der Waals surface area contributed by atoms with Crippen LogP contribution in [0.4, 0.5) is 0 Å². The van der Waals surface area contributed by atoms with Crippen molar-refractivity contribution in [1.29, 1.82) is 0 Å². The Morgan fingerprint density at radius 1 is 1.19 bits per heavy atom. The molecule has 8 heteroatoms. The Kier molecular flexibility index (Phi) is 5.67. The average Bonchev–Trinajstić information content (AvgIpc) is 3.49. The molecule has 2 saturated heterocycles. The van der Waals surface area contributed by atoms with Crippen LogP contribution in [0.5, 0.6) is 11.5 Å². The number of likely N-dealkylation sites (tertiary alicyclic amines) is 2. The Morgan fingerprint density at radius 3 is 2.67 bits per heavy atom. The van der Waals surface area contributed by atoms with Gasteiger partial charge in [-0.15, -0.1) is 0 Å². The summed E-state index contributed by atoms with van der Waals surface area (Å²) < 4.78 is 11.0. The van der Waals surface area contributed by atoms with E-state index in [0.717, 1.165) is 52.7 Å². The zero-order valence-corrected chi connectivity index (χ0v) is 22.5. The third-order valence-electron chi connectivity index (χ3n) is 9.40. The minimum absolute atomic E-state index is 0.0110. The zero-order chi connectivity index (χ0) is 25.4. The van der Waals surface area contributed by atoms with Gasteiger partial charge in [0.2, 0.25) is 5.91 Å². The molecule has 1 aromatic carbocycles. The SMILES string of the molecule is Cc1cc(CC(=O)N2CCC3(O)C(C)N(CC4CC4)CCC34c3c(C)cc(C)c(O)c3O[C@H]4C2)ns1. The lowest BCUT2D eigenvalue weighted by Crippen LogP contribution is -2.70. The average molecular weight is 512 g/mol. The summed E-state index contributed by atoms with van der Waals surface area (Å²) in [6.07, 6.45) is 3.60. The predicted molar refractivity (Wildman–Crippen MR) is 139 cm³/mol. The molecular weight excluding hydrogens is 474 g/mol. The van der Waals surface area contributed by atoms with Gasteiger partial charge in [0, 0.05) is 29.6 Å². The minimum atomic E-state index is -1.09. The molecule has 36 heavy (non-hydrogen) atoms. The van der Waals surface area contributed by atoms with Gasteiger partial charge < -0.3 is 19.8 Å². The van der Waals surface area contributed by atoms with Crippen molar-refractivity contribution in [3.05, 3.63) is 39.4 Å². The van der Waals surface area contributed by atoms with Crippen molar-refractivity contribution in [2.75, 3.05) is 26.2 Å². The molecule has 1 amide bonds. The molecule has 7 nitrogen and oxygen atoms in total. The second-order valence-corrected chi connectivity index (χ2v) is 12.6. The normalized spacial score (nSPS) is 31.9. The number of aryl methyl sites for hydroxylation is 3. The first-order valence-electron chi connectivity index (χ1n) is 13.3. The number of carbonyl (C=O) groups excluding carboxylic acids is 1. The number of hydrogen-bond acceptors (Lipinski definition) is 7. The van der Waals surface area contributed by atoms with Crippen molar-refractivity contribution in [2.45, 2.75) is 83.0 Å². The number of fused-ring (bicyclic) bond motifs is 1. The van der Waals surface area contributed by atoms with Gasteiger partial charge in [0.25, 0.3) is 0 Å². The first-order chi connectivity index (χ1) is 17.1. The highest BCUT2D eigenvalue weighted by Crippen LogP contribution is 2.61. The molecule has 0 radical (unpaired) electrons. The molecule has 0 bridgehead atoms. The van der Waals surface area contributed by atoms with Crippen LogP contribution in [0.25, 0.3) is 0 Å². The number of amides is 1. The van der Waals surface area contributed by atoms with E-state index in [9.17, 15) is 15.0 Å². The Hall–Kier alpha value is -2.16. The van der Waals surface area contributed by atoms with Gasteiger partial charge in [0.15, 0.2) is 11.5 Å². The Labute approximate surface area is 217 Å². The first-order valence-corrected chi connectivity index (χ1v) is 14.1. The van der Waals surface area contributed by atoms with E-state index in [1.807, 2.05) is 30.9 Å². The van der Waals surface area contributed by atoms with Crippen LogP contribution in [0.3, 0.4) is 0 Å². The number of aromatic hydroxyl groups is 1. The van der Waals surface area contributed by atoms with Gasteiger partial charge >= 0.3 is 0 Å². The number of rotatable bonds is 4. The summed E-state index contributed by atoms with van der Waals surface area (Å²) in [7, 11) is 0. The van der Waals surface area contributed by atoms with Crippen molar-refractivity contribution in [1.82, 2.24) is 14.2 Å². The Morgan fingerprint density at radius 2 is 1.97 bits per heavy atom. The second-order valence-electron chi connectivity index (χ2n) is 11.6. The molecule has 1 aromatic heterocycles. The van der Waals surface area contributed by atoms with Gasteiger partial charge in [-0.3, -0.25) is 9.69 Å². The van der Waals surface area contributed by atoms with E-state index >= 15 is 0 Å². The number of phenolic OH excluding ortho intramolecular Hbond substituents is 1. The largest absolute Gasteiger partial charge is 0.504 e. The van der Waals surface area contributed by atoms with Crippen molar-refractivity contribution < 1.29 is 19.7 Å². The highest BCUT2D eigenvalue weighted by Gasteiger charge is 2.68. The van der Waals surface area contributed by atoms with Crippen LogP contribution in [-0.4, -0.2) is 74.2 Å². The van der Waals surface area contributed by atoms with Gasteiger partial charge in [-0.1, -0.05) is 6.07 Å². The van der Waals surface area contributed by atoms with Crippen LogP contribution < -0.4 is 4.74 Å². The fourth-order valence-corrected chi connectivity index (χ4v) is 7.87. The van der Waals surface area contributed by atoms with Gasteiger partial charge in [-0.05, 0) is 94.6 Å². The maximum Gasteiger partial charge on any atom is 0.228 e. The van der Waals surface area contributed by atoms with Crippen molar-refractivity contribution in [3.8, 4) is 11.5 Å². The fourth-order valence-electron chi connectivity index (χ4n) is 7.30. The molecule has 3 aliphatic heterocycles. The van der Waals surface area contributed by atoms with Crippen molar-refractivity contribution >= 4 is 17.4 Å². The predicted octanol–water partition coefficient (Wildman–Crippen LogP) is 3.48. The van der Waals surface area contributed by atoms with Crippen molar-refractivity contribution in [2.24, 2.45) is 5.92 Å². The third kappa shape index (κ3) is 3.51. The summed E-state index contributed by atoms with van der Waals surface area (Å²) in [4.78, 5) is 18.9. The van der Waals surface area contributed by atoms with Gasteiger partial charge in [-0.2, -0.15) is 4.37 Å². The lowest BCUT2D eigenvalue weighted by molar-refractivity contribution is -0.151. The van der Waals surface area contributed by atoms with E-state index in [0.29, 0.717) is 25.3 Å². The Bertz CT molecular complexity index is 1210. The molecule has 3 fully saturated rings. The quantitative estimate of drug-likeness (QED) is 0.654. The number of ether oxygens (including phenoxy) is 1. The fraction of sp³-hybridized carbons (Fsp3) is 0.643. The summed E-state index contributed by atoms with van der Waals surface area (Å²) in [5, 5.41) is 23.8. The molecule has 1 spiro atoms. The topological polar surface area (TPSA) is 86.1 Å². The molecule has 3 unspecified atom stereocenters. The maximum absolute atomic E-state index is 13.5. The van der Waals surface area contributed by atoms with Gasteiger partial charge in [0.1, 0.15) is 6.10 Å². The molecule has 4 atom stereocenters. The highest BCUT2D eigenvalue weighted by molar-refractivity contribution is 7.05. The van der Waals surface area contributed by atoms with Crippen LogP contribution in [-0.2, 0) is 16.6 Å². The van der Waals surface area contributed by atoms with E-state index in [4.69, 9.17) is 4.74 Å². The van der Waals surface area contributed by atoms with E-state index in [1.54, 1.807) is 0 Å². The lowest BCUT2D eigenvalue weighted by atomic mass is 9.56. The van der Waals surface area contributed by atoms with Crippen LogP contribution >= 0.6 is 11.5 Å². The number of aliphatic hydroxyl groups is 1. The number of phenols is 1. The molecule has 2 N–H and O–H groups in total. The molecule has 6 rings (SSSR count). The zero-order valence-electron chi connectivity index (χ0n) is 21.7. The summed E-state index contributed by atoms with van der Waals surface area (Å²) in [5.41, 5.74) is 1.79. The number of nitrogens with zero attached hydrogens (tertiary/aromatic N) is 3. The van der Waals surface area contributed by atoms with Crippen LogP contribution in [0.2, 0.25) is 0 Å². The summed E-state index contributed by atoms with van der Waals surface area (Å²) in [5.74, 6) is 1.40. The van der Waals surface area contributed by atoms with E-state index in [2.05, 4.69) is 23.1 Å². The smallest absolute Gasteiger partial charge is 0.228 e. The highest BCUT2D eigenvalue weighted by atomic mass is 32.1. The van der Waals surface area contributed by atoms with Crippen LogP contribution in [0.15, 0.2) is 12.1 Å². The lowest BCUT2D eigenvalue weighted by Gasteiger charge is -2.57. The number of benzene rings is 1. The number of hydrogen-bond donors (Lipinski definition) is 2. The monoisotopic (exact) mass is 511 g/mol. The number of aromatic nitrogens is 1. The number of piperidine rings is 1. The minimum Gasteiger partial charge on any atom is -0.504 e. The summed E-state index contributed by atoms with van der Waals surface area (Å²) in [6, 6.07) is 3.90. The maximum atomic E-state index is 13.5. The van der Waals surface area contributed by atoms with Gasteiger partial charge in [0.05, 0.1) is 29.7 Å². The molecule has 4 heterocycles. The molecule has 4 aliphatic rings. The van der Waals surface area contributed by atoms with Gasteiger partial charge in [-0.25, -0.2) is 0 Å². The molecule has 1 aliphatic carbocycles. The van der Waals surface area contributed by atoms with Crippen LogP contribution in [0.1, 0.15) is 59.9 Å². The first kappa shape index (κ1) is 24.2. The molecule has 194 valence electrons. The standard InChI is InChI=1S/C28H37N3O4S/c1-16-11-17(2)25(33)26-24(16)27-7-9-30(14-20-5-6-20)19(4)28(27,34)8-10-31(15-22(27)35-26)23(32)13-21-12-18(3)36-29-21/h11-12,19-20,22,33-34H,5-10,13-15H2,1-4H3/t19?,22-,27?,28?/m0/s1.